The van der Waals surface area contributed by atoms with Gasteiger partial charge in [0.15, 0.2) is 0 Å². The van der Waals surface area contributed by atoms with Crippen LogP contribution in [0.2, 0.25) is 5.02 Å². The Balaban J connectivity index is 1.37. The molecule has 0 amide bonds. The van der Waals surface area contributed by atoms with Crippen molar-refractivity contribution in [1.82, 2.24) is 15.0 Å². The summed E-state index contributed by atoms with van der Waals surface area (Å²) in [4.78, 5) is 15.0. The third-order valence-corrected chi connectivity index (χ3v) is 4.87. The number of halogens is 1. The maximum absolute atomic E-state index is 5.95. The molecule has 0 bridgehead atoms. The summed E-state index contributed by atoms with van der Waals surface area (Å²) in [5.41, 5.74) is 0.987. The summed E-state index contributed by atoms with van der Waals surface area (Å²) in [5.74, 6) is 2.32. The van der Waals surface area contributed by atoms with Crippen LogP contribution in [0.5, 0.6) is 5.75 Å². The molecule has 2 saturated heterocycles. The molecule has 0 aromatic carbocycles. The van der Waals surface area contributed by atoms with E-state index in [1.807, 2.05) is 19.1 Å². The van der Waals surface area contributed by atoms with Crippen molar-refractivity contribution in [3.05, 3.63) is 41.4 Å². The number of anilines is 1. The fraction of sp³-hybridized carbons (Fsp3) is 0.471. The van der Waals surface area contributed by atoms with E-state index in [0.717, 1.165) is 31.1 Å². The molecular formula is C17H19ClN4O2. The van der Waals surface area contributed by atoms with E-state index in [9.17, 15) is 0 Å². The summed E-state index contributed by atoms with van der Waals surface area (Å²) in [6.07, 6.45) is 5.24. The van der Waals surface area contributed by atoms with Crippen LogP contribution >= 0.6 is 11.6 Å². The smallest absolute Gasteiger partial charge is 0.225 e. The second-order valence-electron chi connectivity index (χ2n) is 6.35. The van der Waals surface area contributed by atoms with Gasteiger partial charge in [-0.15, -0.1) is 0 Å². The van der Waals surface area contributed by atoms with E-state index in [0.29, 0.717) is 29.4 Å². The van der Waals surface area contributed by atoms with E-state index in [1.165, 1.54) is 0 Å². The van der Waals surface area contributed by atoms with Gasteiger partial charge in [0.05, 0.1) is 42.9 Å². The lowest BCUT2D eigenvalue weighted by Gasteiger charge is -2.20. The molecular weight excluding hydrogens is 328 g/mol. The minimum Gasteiger partial charge on any atom is -0.492 e. The fourth-order valence-corrected chi connectivity index (χ4v) is 3.44. The number of aromatic nitrogens is 3. The van der Waals surface area contributed by atoms with Crippen LogP contribution in [0.1, 0.15) is 5.69 Å². The van der Waals surface area contributed by atoms with Crippen molar-refractivity contribution in [3.63, 3.8) is 0 Å². The molecule has 2 aromatic heterocycles. The predicted octanol–water partition coefficient (Wildman–Crippen LogP) is 2.36. The van der Waals surface area contributed by atoms with Gasteiger partial charge in [-0.05, 0) is 19.1 Å². The Morgan fingerprint density at radius 3 is 2.79 bits per heavy atom. The lowest BCUT2D eigenvalue weighted by Crippen LogP contribution is -2.27. The fourth-order valence-electron chi connectivity index (χ4n) is 3.35. The van der Waals surface area contributed by atoms with Gasteiger partial charge in [0.1, 0.15) is 5.75 Å². The molecule has 2 fully saturated rings. The van der Waals surface area contributed by atoms with Crippen LogP contribution in [-0.2, 0) is 4.74 Å². The molecule has 4 rings (SSSR count). The van der Waals surface area contributed by atoms with E-state index in [4.69, 9.17) is 21.1 Å². The van der Waals surface area contributed by atoms with Crippen LogP contribution in [-0.4, -0.2) is 47.4 Å². The molecule has 2 aliphatic rings. The number of fused-ring (bicyclic) bond motifs is 1. The predicted molar refractivity (Wildman–Crippen MR) is 90.4 cm³/mol. The largest absolute Gasteiger partial charge is 0.492 e. The molecule has 0 aliphatic carbocycles. The van der Waals surface area contributed by atoms with Gasteiger partial charge in [-0.2, -0.15) is 0 Å². The molecule has 3 atom stereocenters. The summed E-state index contributed by atoms with van der Waals surface area (Å²) in [6.45, 7) is 5.04. The monoisotopic (exact) mass is 346 g/mol. The number of hydrogen-bond donors (Lipinski definition) is 0. The second kappa shape index (κ2) is 6.53. The zero-order chi connectivity index (χ0) is 16.5. The van der Waals surface area contributed by atoms with E-state index in [1.54, 1.807) is 18.6 Å². The van der Waals surface area contributed by atoms with Crippen molar-refractivity contribution in [2.45, 2.75) is 13.0 Å². The maximum Gasteiger partial charge on any atom is 0.225 e. The highest BCUT2D eigenvalue weighted by Crippen LogP contribution is 2.35. The van der Waals surface area contributed by atoms with Gasteiger partial charge in [0.25, 0.3) is 0 Å². The maximum atomic E-state index is 5.95. The summed E-state index contributed by atoms with van der Waals surface area (Å²) in [6, 6.07) is 3.91. The number of pyridine rings is 1. The zero-order valence-corrected chi connectivity index (χ0v) is 14.2. The SMILES string of the molecule is Cc1ccc(OC[C@@H]2CO[C@H]3CN(c4ncc(Cl)cn4)C[C@@H]23)cn1. The molecule has 0 N–H and O–H groups in total. The third kappa shape index (κ3) is 3.16. The second-order valence-corrected chi connectivity index (χ2v) is 6.78. The van der Waals surface area contributed by atoms with E-state index in [2.05, 4.69) is 19.9 Å². The first-order valence-electron chi connectivity index (χ1n) is 8.08. The third-order valence-electron chi connectivity index (χ3n) is 4.68. The van der Waals surface area contributed by atoms with E-state index >= 15 is 0 Å². The van der Waals surface area contributed by atoms with Crippen molar-refractivity contribution in [2.75, 3.05) is 31.2 Å². The highest BCUT2D eigenvalue weighted by molar-refractivity contribution is 6.30. The minimum atomic E-state index is 0.217. The zero-order valence-electron chi connectivity index (χ0n) is 13.4. The Hall–Kier alpha value is -1.92. The molecule has 126 valence electrons. The van der Waals surface area contributed by atoms with Crippen molar-refractivity contribution in [3.8, 4) is 5.75 Å². The molecule has 24 heavy (non-hydrogen) atoms. The molecule has 0 radical (unpaired) electrons. The normalized spacial score (nSPS) is 25.8. The topological polar surface area (TPSA) is 60.4 Å². The van der Waals surface area contributed by atoms with Crippen LogP contribution in [0.15, 0.2) is 30.7 Å². The molecule has 0 spiro atoms. The van der Waals surface area contributed by atoms with Crippen molar-refractivity contribution < 1.29 is 9.47 Å². The molecule has 2 aliphatic heterocycles. The summed E-state index contributed by atoms with van der Waals surface area (Å²) >= 11 is 5.86. The van der Waals surface area contributed by atoms with E-state index < -0.39 is 0 Å². The van der Waals surface area contributed by atoms with E-state index in [-0.39, 0.29) is 6.10 Å². The number of ether oxygens (including phenoxy) is 2. The van der Waals surface area contributed by atoms with Crippen molar-refractivity contribution >= 4 is 17.5 Å². The number of rotatable bonds is 4. The Bertz CT molecular complexity index is 695. The van der Waals surface area contributed by atoms with Crippen LogP contribution < -0.4 is 9.64 Å². The van der Waals surface area contributed by atoms with Crippen LogP contribution in [0, 0.1) is 18.8 Å². The molecule has 2 aromatic rings. The summed E-state index contributed by atoms with van der Waals surface area (Å²) < 4.78 is 11.9. The quantitative estimate of drug-likeness (QED) is 0.847. The van der Waals surface area contributed by atoms with Crippen molar-refractivity contribution in [1.29, 1.82) is 0 Å². The Morgan fingerprint density at radius 2 is 2.04 bits per heavy atom. The standard InChI is InChI=1S/C17H19ClN4O2/c1-11-2-3-14(6-19-11)23-9-12-10-24-16-8-22(7-15(12)16)17-20-4-13(18)5-21-17/h2-6,12,15-16H,7-10H2,1H3/t12-,15+,16+/m1/s1. The Morgan fingerprint density at radius 1 is 1.21 bits per heavy atom. The van der Waals surface area contributed by atoms with Crippen LogP contribution in [0.3, 0.4) is 0 Å². The van der Waals surface area contributed by atoms with Gasteiger partial charge in [0, 0.05) is 30.6 Å². The average molecular weight is 347 g/mol. The average Bonchev–Trinajstić information content (AvgIpc) is 3.16. The van der Waals surface area contributed by atoms with Gasteiger partial charge in [-0.1, -0.05) is 11.6 Å². The number of hydrogen-bond acceptors (Lipinski definition) is 6. The van der Waals surface area contributed by atoms with Gasteiger partial charge in [-0.3, -0.25) is 4.98 Å². The molecule has 0 unspecified atom stereocenters. The first kappa shape index (κ1) is 15.6. The van der Waals surface area contributed by atoms with Gasteiger partial charge in [-0.25, -0.2) is 9.97 Å². The number of aryl methyl sites for hydroxylation is 1. The Kier molecular flexibility index (Phi) is 4.24. The molecule has 0 saturated carbocycles. The lowest BCUT2D eigenvalue weighted by molar-refractivity contribution is 0.108. The van der Waals surface area contributed by atoms with Gasteiger partial charge in [0.2, 0.25) is 5.95 Å². The van der Waals surface area contributed by atoms with Gasteiger partial charge < -0.3 is 14.4 Å². The molecule has 6 nitrogen and oxygen atoms in total. The number of nitrogens with zero attached hydrogens (tertiary/aromatic N) is 4. The van der Waals surface area contributed by atoms with Crippen LogP contribution in [0.25, 0.3) is 0 Å². The van der Waals surface area contributed by atoms with Crippen LogP contribution in [0.4, 0.5) is 5.95 Å². The molecule has 7 heteroatoms. The highest BCUT2D eigenvalue weighted by atomic mass is 35.5. The minimum absolute atomic E-state index is 0.217. The highest BCUT2D eigenvalue weighted by Gasteiger charge is 2.44. The molecule has 4 heterocycles. The Labute approximate surface area is 145 Å². The summed E-state index contributed by atoms with van der Waals surface area (Å²) in [5, 5.41) is 0.548. The van der Waals surface area contributed by atoms with Crippen molar-refractivity contribution in [2.24, 2.45) is 11.8 Å². The first-order valence-corrected chi connectivity index (χ1v) is 8.46. The lowest BCUT2D eigenvalue weighted by atomic mass is 9.94. The first-order chi connectivity index (χ1) is 11.7. The summed E-state index contributed by atoms with van der Waals surface area (Å²) in [7, 11) is 0. The van der Waals surface area contributed by atoms with Gasteiger partial charge >= 0.3 is 0 Å².